The molecular formula is C15H20BrN5. The zero-order valence-electron chi connectivity index (χ0n) is 12.2. The van der Waals surface area contributed by atoms with Gasteiger partial charge in [0, 0.05) is 30.1 Å². The molecule has 2 aromatic rings. The maximum Gasteiger partial charge on any atom is 0.147 e. The van der Waals surface area contributed by atoms with Crippen LogP contribution in [0.1, 0.15) is 23.9 Å². The molecule has 0 fully saturated rings. The van der Waals surface area contributed by atoms with Crippen molar-refractivity contribution in [3.05, 3.63) is 46.5 Å². The molecule has 0 radical (unpaired) electrons. The van der Waals surface area contributed by atoms with Gasteiger partial charge in [0.2, 0.25) is 0 Å². The van der Waals surface area contributed by atoms with E-state index in [9.17, 15) is 0 Å². The third-order valence-corrected chi connectivity index (χ3v) is 4.80. The van der Waals surface area contributed by atoms with Gasteiger partial charge in [0.05, 0.1) is 6.54 Å². The Kier molecular flexibility index (Phi) is 4.67. The fraction of sp³-hybridized carbons (Fsp3) is 0.467. The molecule has 1 aromatic heterocycles. The molecule has 0 saturated carbocycles. The number of hydrogen-bond acceptors (Lipinski definition) is 4. The van der Waals surface area contributed by atoms with Crippen LogP contribution in [0.4, 0.5) is 0 Å². The van der Waals surface area contributed by atoms with E-state index in [1.165, 1.54) is 10.0 Å². The van der Waals surface area contributed by atoms with Crippen LogP contribution in [0.15, 0.2) is 35.1 Å². The van der Waals surface area contributed by atoms with Crippen molar-refractivity contribution in [1.29, 1.82) is 0 Å². The van der Waals surface area contributed by atoms with Gasteiger partial charge in [-0.3, -0.25) is 4.90 Å². The summed E-state index contributed by atoms with van der Waals surface area (Å²) in [4.78, 5) is 2.45. The molecule has 1 aliphatic heterocycles. The number of nitrogens with one attached hydrogen (secondary N) is 1. The van der Waals surface area contributed by atoms with E-state index in [1.54, 1.807) is 0 Å². The maximum absolute atomic E-state index is 4.17. The molecular weight excluding hydrogens is 330 g/mol. The number of hydrogen-bond donors (Lipinski definition) is 1. The molecule has 112 valence electrons. The topological polar surface area (TPSA) is 46.0 Å². The highest BCUT2D eigenvalue weighted by Crippen LogP contribution is 2.25. The van der Waals surface area contributed by atoms with Gasteiger partial charge < -0.3 is 9.88 Å². The predicted octanol–water partition coefficient (Wildman–Crippen LogP) is 2.21. The molecule has 2 heterocycles. The zero-order valence-corrected chi connectivity index (χ0v) is 13.8. The first-order valence-electron chi connectivity index (χ1n) is 7.28. The molecule has 21 heavy (non-hydrogen) atoms. The molecule has 0 spiro atoms. The third kappa shape index (κ3) is 3.33. The smallest absolute Gasteiger partial charge is 0.147 e. The highest BCUT2D eigenvalue weighted by molar-refractivity contribution is 9.10. The van der Waals surface area contributed by atoms with Crippen molar-refractivity contribution >= 4 is 15.9 Å². The Balaban J connectivity index is 1.60. The van der Waals surface area contributed by atoms with E-state index in [2.05, 4.69) is 65.2 Å². The Bertz CT molecular complexity index is 597. The first kappa shape index (κ1) is 14.7. The summed E-state index contributed by atoms with van der Waals surface area (Å²) in [5, 5.41) is 11.6. The van der Waals surface area contributed by atoms with Crippen molar-refractivity contribution in [1.82, 2.24) is 25.0 Å². The van der Waals surface area contributed by atoms with Crippen LogP contribution in [0.3, 0.4) is 0 Å². The minimum atomic E-state index is 0.361. The molecule has 0 aliphatic carbocycles. The summed E-state index contributed by atoms with van der Waals surface area (Å²) in [5.74, 6) is 1.07. The van der Waals surface area contributed by atoms with Crippen LogP contribution in [0.2, 0.25) is 0 Å². The summed E-state index contributed by atoms with van der Waals surface area (Å²) in [5.41, 5.74) is 1.32. The second-order valence-corrected chi connectivity index (χ2v) is 6.22. The normalized spacial score (nSPS) is 16.7. The standard InChI is InChI=1S/C15H20BrN5/c1-17-14(12-4-2-3-5-13(12)16)6-7-20-8-9-21-11-18-19-15(21)10-20/h2-5,11,14,17H,6-10H2,1H3. The summed E-state index contributed by atoms with van der Waals surface area (Å²) in [7, 11) is 2.02. The zero-order chi connectivity index (χ0) is 14.7. The van der Waals surface area contributed by atoms with Gasteiger partial charge in [-0.25, -0.2) is 0 Å². The minimum Gasteiger partial charge on any atom is -0.315 e. The van der Waals surface area contributed by atoms with Crippen molar-refractivity contribution in [2.45, 2.75) is 25.6 Å². The Hall–Kier alpha value is -1.24. The molecule has 1 aliphatic rings. The number of rotatable bonds is 5. The number of fused-ring (bicyclic) bond motifs is 1. The molecule has 1 unspecified atom stereocenters. The number of halogens is 1. The Morgan fingerprint density at radius 2 is 2.19 bits per heavy atom. The first-order valence-corrected chi connectivity index (χ1v) is 8.08. The fourth-order valence-electron chi connectivity index (χ4n) is 2.83. The quantitative estimate of drug-likeness (QED) is 0.898. The van der Waals surface area contributed by atoms with Crippen LogP contribution < -0.4 is 5.32 Å². The summed E-state index contributed by atoms with van der Waals surface area (Å²) in [6.07, 6.45) is 2.90. The molecule has 6 heteroatoms. The van der Waals surface area contributed by atoms with Crippen molar-refractivity contribution in [2.24, 2.45) is 0 Å². The van der Waals surface area contributed by atoms with Gasteiger partial charge in [0.15, 0.2) is 0 Å². The highest BCUT2D eigenvalue weighted by Gasteiger charge is 2.19. The van der Waals surface area contributed by atoms with Gasteiger partial charge in [-0.05, 0) is 25.1 Å². The van der Waals surface area contributed by atoms with Crippen molar-refractivity contribution in [3.63, 3.8) is 0 Å². The van der Waals surface area contributed by atoms with Crippen molar-refractivity contribution in [2.75, 3.05) is 20.1 Å². The van der Waals surface area contributed by atoms with E-state index < -0.39 is 0 Å². The fourth-order valence-corrected chi connectivity index (χ4v) is 3.39. The average molecular weight is 350 g/mol. The second-order valence-electron chi connectivity index (χ2n) is 5.37. The van der Waals surface area contributed by atoms with Gasteiger partial charge in [-0.15, -0.1) is 10.2 Å². The summed E-state index contributed by atoms with van der Waals surface area (Å²) < 4.78 is 3.31. The van der Waals surface area contributed by atoms with E-state index in [0.717, 1.165) is 38.4 Å². The van der Waals surface area contributed by atoms with E-state index in [1.807, 2.05) is 13.4 Å². The van der Waals surface area contributed by atoms with Crippen LogP contribution in [0, 0.1) is 0 Å². The summed E-state index contributed by atoms with van der Waals surface area (Å²) >= 11 is 3.64. The molecule has 0 saturated heterocycles. The number of nitrogens with zero attached hydrogens (tertiary/aromatic N) is 4. The lowest BCUT2D eigenvalue weighted by Crippen LogP contribution is -2.35. The third-order valence-electron chi connectivity index (χ3n) is 4.08. The van der Waals surface area contributed by atoms with E-state index in [4.69, 9.17) is 0 Å². The highest BCUT2D eigenvalue weighted by atomic mass is 79.9. The van der Waals surface area contributed by atoms with Crippen LogP contribution in [-0.4, -0.2) is 39.8 Å². The average Bonchev–Trinajstić information content (AvgIpc) is 2.97. The minimum absolute atomic E-state index is 0.361. The number of aromatic nitrogens is 3. The maximum atomic E-state index is 4.17. The Labute approximate surface area is 133 Å². The SMILES string of the molecule is CNC(CCN1CCn2cnnc2C1)c1ccccc1Br. The molecule has 1 atom stereocenters. The predicted molar refractivity (Wildman–Crippen MR) is 85.9 cm³/mol. The second kappa shape index (κ2) is 6.68. The lowest BCUT2D eigenvalue weighted by Gasteiger charge is -2.28. The van der Waals surface area contributed by atoms with E-state index in [0.29, 0.717) is 6.04 Å². The van der Waals surface area contributed by atoms with Crippen LogP contribution in [0.5, 0.6) is 0 Å². The van der Waals surface area contributed by atoms with Gasteiger partial charge in [0.25, 0.3) is 0 Å². The lowest BCUT2D eigenvalue weighted by molar-refractivity contribution is 0.207. The van der Waals surface area contributed by atoms with Gasteiger partial charge in [-0.2, -0.15) is 0 Å². The summed E-state index contributed by atoms with van der Waals surface area (Å²) in [6.45, 7) is 4.01. The molecule has 1 N–H and O–H groups in total. The molecule has 0 bridgehead atoms. The van der Waals surface area contributed by atoms with E-state index in [-0.39, 0.29) is 0 Å². The molecule has 0 amide bonds. The van der Waals surface area contributed by atoms with E-state index >= 15 is 0 Å². The number of benzene rings is 1. The van der Waals surface area contributed by atoms with Gasteiger partial charge in [-0.1, -0.05) is 34.1 Å². The van der Waals surface area contributed by atoms with Gasteiger partial charge >= 0.3 is 0 Å². The summed E-state index contributed by atoms with van der Waals surface area (Å²) in [6, 6.07) is 8.78. The van der Waals surface area contributed by atoms with Crippen LogP contribution in [-0.2, 0) is 13.1 Å². The monoisotopic (exact) mass is 349 g/mol. The molecule has 5 nitrogen and oxygen atoms in total. The van der Waals surface area contributed by atoms with Crippen LogP contribution >= 0.6 is 15.9 Å². The van der Waals surface area contributed by atoms with Gasteiger partial charge in [0.1, 0.15) is 12.2 Å². The van der Waals surface area contributed by atoms with Crippen molar-refractivity contribution < 1.29 is 0 Å². The molecule has 3 rings (SSSR count). The molecule has 1 aromatic carbocycles. The van der Waals surface area contributed by atoms with Crippen molar-refractivity contribution in [3.8, 4) is 0 Å². The largest absolute Gasteiger partial charge is 0.315 e. The van der Waals surface area contributed by atoms with Crippen LogP contribution in [0.25, 0.3) is 0 Å². The first-order chi connectivity index (χ1) is 10.3. The Morgan fingerprint density at radius 1 is 1.33 bits per heavy atom. The Morgan fingerprint density at radius 3 is 3.00 bits per heavy atom. The lowest BCUT2D eigenvalue weighted by atomic mass is 10.0.